The summed E-state index contributed by atoms with van der Waals surface area (Å²) in [5, 5.41) is 2.71. The summed E-state index contributed by atoms with van der Waals surface area (Å²) in [7, 11) is 3.00. The van der Waals surface area contributed by atoms with Gasteiger partial charge in [0.15, 0.2) is 5.92 Å². The number of nitrogens with one attached hydrogen (secondary N) is 1. The summed E-state index contributed by atoms with van der Waals surface area (Å²) in [4.78, 5) is 53.3. The Hall–Kier alpha value is -4.67. The van der Waals surface area contributed by atoms with Crippen LogP contribution in [-0.2, 0) is 25.2 Å². The monoisotopic (exact) mass is 584 g/mol. The fourth-order valence-electron chi connectivity index (χ4n) is 4.34. The molecule has 0 aliphatic heterocycles. The van der Waals surface area contributed by atoms with E-state index >= 15 is 0 Å². The molecule has 3 aromatic rings. The Labute approximate surface area is 241 Å². The lowest BCUT2D eigenvalue weighted by Gasteiger charge is -2.20. The number of carbonyl (C=O) groups is 4. The molecule has 1 N–H and O–H groups in total. The zero-order valence-electron chi connectivity index (χ0n) is 23.8. The first-order valence-electron chi connectivity index (χ1n) is 13.1. The van der Waals surface area contributed by atoms with Gasteiger partial charge in [0.25, 0.3) is 11.8 Å². The van der Waals surface area contributed by atoms with Gasteiger partial charge in [0, 0.05) is 19.7 Å². The number of hydrogen-bond acceptors (Lipinski definition) is 6. The molecule has 8 nitrogen and oxygen atoms in total. The average Bonchev–Trinajstić information content (AvgIpc) is 2.93. The van der Waals surface area contributed by atoms with E-state index in [2.05, 4.69) is 5.32 Å². The molecule has 0 heterocycles. The minimum atomic E-state index is -4.51. The van der Waals surface area contributed by atoms with Crippen molar-refractivity contribution in [1.29, 1.82) is 0 Å². The van der Waals surface area contributed by atoms with Gasteiger partial charge in [-0.2, -0.15) is 13.2 Å². The second-order valence-electron chi connectivity index (χ2n) is 9.47. The second kappa shape index (κ2) is 13.3. The molecule has 0 saturated carbocycles. The third-order valence-corrected chi connectivity index (χ3v) is 6.32. The third kappa shape index (κ3) is 7.15. The fourth-order valence-corrected chi connectivity index (χ4v) is 4.34. The quantitative estimate of drug-likeness (QED) is 0.250. The SMILES string of the molecule is CCOC(=O)C(C(=O)OCC)c1ccc(NC(=O)c2cccc(C)c2-c2ccc(C(F)(F)F)cc2)c(C(=O)N(C)C)c1. The van der Waals surface area contributed by atoms with Crippen molar-refractivity contribution in [1.82, 2.24) is 4.90 Å². The lowest BCUT2D eigenvalue weighted by molar-refractivity contribution is -0.157. The number of rotatable bonds is 9. The van der Waals surface area contributed by atoms with E-state index in [9.17, 15) is 32.3 Å². The summed E-state index contributed by atoms with van der Waals surface area (Å²) in [5.41, 5.74) is 1.04. The Kier molecular flexibility index (Phi) is 10.1. The lowest BCUT2D eigenvalue weighted by atomic mass is 9.93. The fraction of sp³-hybridized carbons (Fsp3) is 0.290. The standard InChI is InChI=1S/C31H31F3N2O6/c1-6-41-29(39)26(30(40)42-7-2)20-13-16-24(23(17-20)28(38)36(4)5)35-27(37)22-10-8-9-18(3)25(22)19-11-14-21(15-12-19)31(32,33)34/h8-17,26H,6-7H2,1-5H3,(H,35,37). The Balaban J connectivity index is 2.07. The summed E-state index contributed by atoms with van der Waals surface area (Å²) in [5.74, 6) is -4.30. The maximum Gasteiger partial charge on any atom is 0.416 e. The zero-order valence-corrected chi connectivity index (χ0v) is 23.8. The van der Waals surface area contributed by atoms with Gasteiger partial charge in [-0.25, -0.2) is 0 Å². The molecule has 0 spiro atoms. The smallest absolute Gasteiger partial charge is 0.416 e. The molecule has 11 heteroatoms. The van der Waals surface area contributed by atoms with Crippen molar-refractivity contribution in [3.05, 3.63) is 88.5 Å². The molecule has 0 bridgehead atoms. The molecular formula is C31H31F3N2O6. The predicted octanol–water partition coefficient (Wildman–Crippen LogP) is 5.84. The lowest BCUT2D eigenvalue weighted by Crippen LogP contribution is -2.28. The summed E-state index contributed by atoms with van der Waals surface area (Å²) in [6.07, 6.45) is -4.51. The van der Waals surface area contributed by atoms with E-state index in [0.29, 0.717) is 16.7 Å². The van der Waals surface area contributed by atoms with Gasteiger partial charge < -0.3 is 19.7 Å². The Morgan fingerprint density at radius 2 is 1.45 bits per heavy atom. The van der Waals surface area contributed by atoms with Crippen molar-refractivity contribution in [2.75, 3.05) is 32.6 Å². The first-order valence-corrected chi connectivity index (χ1v) is 13.1. The summed E-state index contributed by atoms with van der Waals surface area (Å²) >= 11 is 0. The number of alkyl halides is 3. The molecule has 0 aromatic heterocycles. The highest BCUT2D eigenvalue weighted by Gasteiger charge is 2.33. The Morgan fingerprint density at radius 1 is 0.857 bits per heavy atom. The number of carbonyl (C=O) groups excluding carboxylic acids is 4. The first kappa shape index (κ1) is 31.9. The molecule has 3 aromatic carbocycles. The van der Waals surface area contributed by atoms with Gasteiger partial charge in [-0.15, -0.1) is 0 Å². The maximum atomic E-state index is 13.6. The highest BCUT2D eigenvalue weighted by Crippen LogP contribution is 2.34. The third-order valence-electron chi connectivity index (χ3n) is 6.32. The molecule has 0 radical (unpaired) electrons. The maximum absolute atomic E-state index is 13.6. The topological polar surface area (TPSA) is 102 Å². The second-order valence-corrected chi connectivity index (χ2v) is 9.47. The van der Waals surface area contributed by atoms with Crippen molar-refractivity contribution in [3.63, 3.8) is 0 Å². The number of amides is 2. The Morgan fingerprint density at radius 3 is 1.98 bits per heavy atom. The van der Waals surface area contributed by atoms with Crippen molar-refractivity contribution < 1.29 is 41.8 Å². The minimum Gasteiger partial charge on any atom is -0.465 e. The largest absolute Gasteiger partial charge is 0.465 e. The number of anilines is 1. The molecule has 0 fully saturated rings. The molecule has 0 aliphatic carbocycles. The number of hydrogen-bond donors (Lipinski definition) is 1. The summed E-state index contributed by atoms with van der Waals surface area (Å²) in [6.45, 7) is 4.94. The van der Waals surface area contributed by atoms with Gasteiger partial charge in [0.1, 0.15) is 0 Å². The van der Waals surface area contributed by atoms with Crippen LogP contribution in [0.2, 0.25) is 0 Å². The van der Waals surface area contributed by atoms with Gasteiger partial charge in [-0.1, -0.05) is 30.3 Å². The van der Waals surface area contributed by atoms with E-state index in [4.69, 9.17) is 9.47 Å². The van der Waals surface area contributed by atoms with Crippen LogP contribution in [0.15, 0.2) is 60.7 Å². The van der Waals surface area contributed by atoms with Crippen molar-refractivity contribution in [3.8, 4) is 11.1 Å². The number of halogens is 3. The van der Waals surface area contributed by atoms with E-state index in [-0.39, 0.29) is 35.6 Å². The van der Waals surface area contributed by atoms with Crippen LogP contribution < -0.4 is 5.32 Å². The molecular weight excluding hydrogens is 553 g/mol. The molecule has 222 valence electrons. The predicted molar refractivity (Wildman–Crippen MR) is 150 cm³/mol. The number of aryl methyl sites for hydroxylation is 1. The van der Waals surface area contributed by atoms with Crippen molar-refractivity contribution in [2.45, 2.75) is 32.9 Å². The van der Waals surface area contributed by atoms with E-state index in [0.717, 1.165) is 12.1 Å². The van der Waals surface area contributed by atoms with Crippen LogP contribution in [0.1, 0.15) is 57.2 Å². The van der Waals surface area contributed by atoms with E-state index in [1.807, 2.05) is 0 Å². The molecule has 0 atom stereocenters. The van der Waals surface area contributed by atoms with Gasteiger partial charge in [0.05, 0.1) is 30.0 Å². The molecule has 0 saturated heterocycles. The van der Waals surface area contributed by atoms with Crippen LogP contribution >= 0.6 is 0 Å². The minimum absolute atomic E-state index is 0.00631. The number of nitrogens with zero attached hydrogens (tertiary/aromatic N) is 1. The van der Waals surface area contributed by atoms with Crippen molar-refractivity contribution >= 4 is 29.4 Å². The van der Waals surface area contributed by atoms with Crippen LogP contribution in [0.25, 0.3) is 11.1 Å². The van der Waals surface area contributed by atoms with Gasteiger partial charge in [-0.05, 0) is 73.4 Å². The highest BCUT2D eigenvalue weighted by atomic mass is 19.4. The number of benzene rings is 3. The molecule has 0 aliphatic rings. The van der Waals surface area contributed by atoms with E-state index < -0.39 is 41.4 Å². The zero-order chi connectivity index (χ0) is 31.2. The van der Waals surface area contributed by atoms with Crippen LogP contribution in [-0.4, -0.2) is 56.0 Å². The number of esters is 2. The van der Waals surface area contributed by atoms with Gasteiger partial charge >= 0.3 is 18.1 Å². The van der Waals surface area contributed by atoms with Crippen molar-refractivity contribution in [2.24, 2.45) is 0 Å². The van der Waals surface area contributed by atoms with Gasteiger partial charge in [-0.3, -0.25) is 19.2 Å². The summed E-state index contributed by atoms with van der Waals surface area (Å²) < 4.78 is 49.4. The Bertz CT molecular complexity index is 1460. The van der Waals surface area contributed by atoms with Crippen LogP contribution in [0, 0.1) is 6.92 Å². The first-order chi connectivity index (χ1) is 19.8. The molecule has 42 heavy (non-hydrogen) atoms. The molecule has 3 rings (SSSR count). The summed E-state index contributed by atoms with van der Waals surface area (Å²) in [6, 6.07) is 13.5. The van der Waals surface area contributed by atoms with E-state index in [1.165, 1.54) is 55.4 Å². The number of ether oxygens (including phenoxy) is 2. The van der Waals surface area contributed by atoms with Crippen LogP contribution in [0.5, 0.6) is 0 Å². The average molecular weight is 585 g/mol. The normalized spacial score (nSPS) is 11.2. The van der Waals surface area contributed by atoms with Crippen LogP contribution in [0.4, 0.5) is 18.9 Å². The van der Waals surface area contributed by atoms with Gasteiger partial charge in [0.2, 0.25) is 0 Å². The molecule has 2 amide bonds. The van der Waals surface area contributed by atoms with Crippen LogP contribution in [0.3, 0.4) is 0 Å². The van der Waals surface area contributed by atoms with E-state index in [1.54, 1.807) is 32.9 Å². The highest BCUT2D eigenvalue weighted by molar-refractivity contribution is 6.12. The molecule has 0 unspecified atom stereocenters.